The summed E-state index contributed by atoms with van der Waals surface area (Å²) in [7, 11) is 0. The van der Waals surface area contributed by atoms with Crippen LogP contribution in [0.2, 0.25) is 0 Å². The molecule has 150 valence electrons. The number of nitrogens with zero attached hydrogens (tertiary/aromatic N) is 3. The van der Waals surface area contributed by atoms with Crippen LogP contribution in [-0.2, 0) is 11.2 Å². The number of aldehydes is 1. The van der Waals surface area contributed by atoms with E-state index >= 15 is 0 Å². The van der Waals surface area contributed by atoms with Gasteiger partial charge < -0.3 is 14.4 Å². The summed E-state index contributed by atoms with van der Waals surface area (Å²) in [4.78, 5) is 25.3. The van der Waals surface area contributed by atoms with Gasteiger partial charge in [0.25, 0.3) is 0 Å². The summed E-state index contributed by atoms with van der Waals surface area (Å²) in [6.07, 6.45) is 14.4. The van der Waals surface area contributed by atoms with Crippen molar-refractivity contribution in [2.24, 2.45) is 0 Å². The van der Waals surface area contributed by atoms with Crippen LogP contribution in [0.5, 0.6) is 5.88 Å². The molecular formula is C22H29N3O2S. The maximum Gasteiger partial charge on any atom is 0.225 e. The third-order valence-corrected chi connectivity index (χ3v) is 8.08. The monoisotopic (exact) mass is 399 g/mol. The third-order valence-electron chi connectivity index (χ3n) is 6.91. The summed E-state index contributed by atoms with van der Waals surface area (Å²) in [5.41, 5.74) is 1.30. The fraction of sp³-hybridized carbons (Fsp3) is 0.682. The quantitative estimate of drug-likeness (QED) is 0.694. The SMILES string of the molecule is O=CC[C@H]1CCc2sc3ncnc(OC4CCC(N5CCCCC5)CC4)c3c21. The van der Waals surface area contributed by atoms with E-state index in [9.17, 15) is 4.79 Å². The zero-order valence-electron chi connectivity index (χ0n) is 16.4. The molecule has 0 unspecified atom stereocenters. The first-order chi connectivity index (χ1) is 13.8. The molecule has 2 fully saturated rings. The van der Waals surface area contributed by atoms with Crippen LogP contribution >= 0.6 is 11.3 Å². The van der Waals surface area contributed by atoms with E-state index in [1.54, 1.807) is 17.7 Å². The smallest absolute Gasteiger partial charge is 0.225 e. The predicted octanol–water partition coefficient (Wildman–Crippen LogP) is 4.49. The second-order valence-corrected chi connectivity index (χ2v) is 9.66. The Morgan fingerprint density at radius 1 is 1.11 bits per heavy atom. The van der Waals surface area contributed by atoms with Crippen LogP contribution in [0.25, 0.3) is 10.2 Å². The number of carbonyl (C=O) groups is 1. The lowest BCUT2D eigenvalue weighted by molar-refractivity contribution is -0.108. The van der Waals surface area contributed by atoms with Crippen molar-refractivity contribution in [1.82, 2.24) is 14.9 Å². The highest BCUT2D eigenvalue weighted by Crippen LogP contribution is 2.47. The number of fused-ring (bicyclic) bond motifs is 3. The summed E-state index contributed by atoms with van der Waals surface area (Å²) in [6, 6.07) is 0.743. The van der Waals surface area contributed by atoms with Gasteiger partial charge in [-0.1, -0.05) is 6.42 Å². The van der Waals surface area contributed by atoms with Crippen LogP contribution in [0.3, 0.4) is 0 Å². The minimum Gasteiger partial charge on any atom is -0.474 e. The molecule has 0 radical (unpaired) electrons. The second-order valence-electron chi connectivity index (χ2n) is 8.58. The van der Waals surface area contributed by atoms with E-state index in [2.05, 4.69) is 14.9 Å². The van der Waals surface area contributed by atoms with Crippen LogP contribution in [0.1, 0.15) is 74.1 Å². The van der Waals surface area contributed by atoms with Gasteiger partial charge in [0, 0.05) is 17.3 Å². The number of thiophene rings is 1. The van der Waals surface area contributed by atoms with Gasteiger partial charge in [-0.05, 0) is 75.9 Å². The highest BCUT2D eigenvalue weighted by molar-refractivity contribution is 7.19. The Labute approximate surface area is 170 Å². The van der Waals surface area contributed by atoms with Gasteiger partial charge in [0.2, 0.25) is 5.88 Å². The molecule has 5 nitrogen and oxygen atoms in total. The topological polar surface area (TPSA) is 55.3 Å². The lowest BCUT2D eigenvalue weighted by Gasteiger charge is -2.38. The zero-order valence-corrected chi connectivity index (χ0v) is 17.3. The number of aromatic nitrogens is 2. The first-order valence-electron chi connectivity index (χ1n) is 10.9. The Morgan fingerprint density at radius 2 is 1.93 bits per heavy atom. The highest BCUT2D eigenvalue weighted by Gasteiger charge is 2.32. The Morgan fingerprint density at radius 3 is 2.71 bits per heavy atom. The van der Waals surface area contributed by atoms with Crippen LogP contribution in [0, 0.1) is 0 Å². The predicted molar refractivity (Wildman–Crippen MR) is 111 cm³/mol. The molecule has 1 saturated heterocycles. The molecule has 1 saturated carbocycles. The normalized spacial score (nSPS) is 28.4. The number of carbonyl (C=O) groups excluding carboxylic acids is 1. The first-order valence-corrected chi connectivity index (χ1v) is 11.8. The lowest BCUT2D eigenvalue weighted by atomic mass is 9.90. The summed E-state index contributed by atoms with van der Waals surface area (Å²) in [5, 5.41) is 1.09. The molecule has 2 aromatic heterocycles. The molecular weight excluding hydrogens is 370 g/mol. The van der Waals surface area contributed by atoms with E-state index in [-0.39, 0.29) is 6.10 Å². The Bertz CT molecular complexity index is 838. The molecule has 5 rings (SSSR count). The van der Waals surface area contributed by atoms with Gasteiger partial charge in [-0.15, -0.1) is 11.3 Å². The molecule has 3 aliphatic rings. The van der Waals surface area contributed by atoms with E-state index < -0.39 is 0 Å². The maximum atomic E-state index is 11.1. The fourth-order valence-electron chi connectivity index (χ4n) is 5.45. The minimum absolute atomic E-state index is 0.251. The Kier molecular flexibility index (Phi) is 5.33. The van der Waals surface area contributed by atoms with Gasteiger partial charge in [-0.25, -0.2) is 9.97 Å². The molecule has 1 aliphatic heterocycles. The second kappa shape index (κ2) is 8.07. The summed E-state index contributed by atoms with van der Waals surface area (Å²) in [6.45, 7) is 2.56. The third kappa shape index (κ3) is 3.45. The van der Waals surface area contributed by atoms with Gasteiger partial charge >= 0.3 is 0 Å². The van der Waals surface area contributed by atoms with Gasteiger partial charge in [0.1, 0.15) is 23.5 Å². The van der Waals surface area contributed by atoms with Crippen molar-refractivity contribution in [2.45, 2.75) is 82.3 Å². The van der Waals surface area contributed by atoms with E-state index in [1.807, 2.05) is 0 Å². The molecule has 0 spiro atoms. The van der Waals surface area contributed by atoms with Crippen molar-refractivity contribution in [3.63, 3.8) is 0 Å². The molecule has 6 heteroatoms. The maximum absolute atomic E-state index is 11.1. The van der Waals surface area contributed by atoms with Gasteiger partial charge in [-0.3, -0.25) is 0 Å². The number of hydrogen-bond acceptors (Lipinski definition) is 6. The summed E-state index contributed by atoms with van der Waals surface area (Å²) < 4.78 is 6.46. The number of piperidine rings is 1. The van der Waals surface area contributed by atoms with Gasteiger partial charge in [-0.2, -0.15) is 0 Å². The number of rotatable bonds is 5. The van der Waals surface area contributed by atoms with Crippen LogP contribution < -0.4 is 4.74 Å². The van der Waals surface area contributed by atoms with E-state index in [4.69, 9.17) is 4.74 Å². The van der Waals surface area contributed by atoms with Crippen molar-refractivity contribution in [1.29, 1.82) is 0 Å². The first kappa shape index (κ1) is 18.5. The Hall–Kier alpha value is -1.53. The highest BCUT2D eigenvalue weighted by atomic mass is 32.1. The van der Waals surface area contributed by atoms with Crippen LogP contribution in [0.4, 0.5) is 0 Å². The largest absolute Gasteiger partial charge is 0.474 e. The van der Waals surface area contributed by atoms with E-state index in [0.29, 0.717) is 12.3 Å². The number of aryl methyl sites for hydroxylation is 1. The molecule has 28 heavy (non-hydrogen) atoms. The summed E-state index contributed by atoms with van der Waals surface area (Å²) in [5.74, 6) is 1.06. The standard InChI is InChI=1S/C22H29N3O2S/c26-13-10-15-4-9-18-19(15)20-21(23-14-24-22(20)28-18)27-17-7-5-16(6-8-17)25-11-2-1-3-12-25/h13-17H,1-12H2/t15-,16?,17?/m1/s1. The average Bonchev–Trinajstić information content (AvgIpc) is 3.30. The van der Waals surface area contributed by atoms with Crippen molar-refractivity contribution in [2.75, 3.05) is 13.1 Å². The van der Waals surface area contributed by atoms with Crippen molar-refractivity contribution in [3.05, 3.63) is 16.8 Å². The molecule has 3 heterocycles. The van der Waals surface area contributed by atoms with Crippen molar-refractivity contribution < 1.29 is 9.53 Å². The molecule has 1 atom stereocenters. The zero-order chi connectivity index (χ0) is 18.9. The minimum atomic E-state index is 0.251. The molecule has 2 aliphatic carbocycles. The summed E-state index contributed by atoms with van der Waals surface area (Å²) >= 11 is 1.76. The van der Waals surface area contributed by atoms with E-state index in [0.717, 1.165) is 54.1 Å². The lowest BCUT2D eigenvalue weighted by Crippen LogP contribution is -2.42. The number of ether oxygens (including phenoxy) is 1. The van der Waals surface area contributed by atoms with Crippen LogP contribution in [0.15, 0.2) is 6.33 Å². The van der Waals surface area contributed by atoms with Gasteiger partial charge in [0.05, 0.1) is 5.39 Å². The van der Waals surface area contributed by atoms with Crippen molar-refractivity contribution in [3.8, 4) is 5.88 Å². The molecule has 0 bridgehead atoms. The Balaban J connectivity index is 1.31. The fourth-order valence-corrected chi connectivity index (χ4v) is 6.68. The number of likely N-dealkylation sites (tertiary alicyclic amines) is 1. The van der Waals surface area contributed by atoms with Crippen molar-refractivity contribution >= 4 is 27.8 Å². The molecule has 0 amide bonds. The van der Waals surface area contributed by atoms with Crippen LogP contribution in [-0.4, -0.2) is 46.4 Å². The molecule has 0 aromatic carbocycles. The molecule has 2 aromatic rings. The number of hydrogen-bond donors (Lipinski definition) is 0. The van der Waals surface area contributed by atoms with Gasteiger partial charge in [0.15, 0.2) is 0 Å². The average molecular weight is 400 g/mol. The molecule has 0 N–H and O–H groups in total. The van der Waals surface area contributed by atoms with E-state index in [1.165, 1.54) is 55.6 Å².